The van der Waals surface area contributed by atoms with Gasteiger partial charge in [-0.1, -0.05) is 18.2 Å². The maximum absolute atomic E-state index is 3.53. The summed E-state index contributed by atoms with van der Waals surface area (Å²) in [5, 5.41) is 3.53. The Morgan fingerprint density at radius 1 is 1.13 bits per heavy atom. The zero-order valence-corrected chi connectivity index (χ0v) is 10.5. The molecule has 1 aliphatic heterocycles. The molecule has 0 aromatic heterocycles. The first-order chi connectivity index (χ1) is 6.48. The topological polar surface area (TPSA) is 12.0 Å². The molecule has 0 unspecified atom stereocenters. The molecule has 0 atom stereocenters. The van der Waals surface area contributed by atoms with Crippen molar-refractivity contribution in [1.82, 2.24) is 0 Å². The highest BCUT2D eigenvalue weighted by atomic mass is 35.5. The smallest absolute Gasteiger partial charge is 0.0505 e. The number of hydrogen-bond acceptors (Lipinski definition) is 1. The summed E-state index contributed by atoms with van der Waals surface area (Å²) in [4.78, 5) is 0. The van der Waals surface area contributed by atoms with E-state index in [-0.39, 0.29) is 17.9 Å². The van der Waals surface area contributed by atoms with E-state index < -0.39 is 0 Å². The second kappa shape index (κ2) is 3.90. The van der Waals surface area contributed by atoms with Crippen molar-refractivity contribution in [2.24, 2.45) is 0 Å². The molecule has 1 heterocycles. The molecule has 1 aromatic carbocycles. The summed E-state index contributed by atoms with van der Waals surface area (Å²) >= 11 is 0. The molecular formula is C13H18ClN. The summed E-state index contributed by atoms with van der Waals surface area (Å²) in [5.41, 5.74) is 5.33. The Balaban J connectivity index is 0.00000112. The maximum Gasteiger partial charge on any atom is 0.0505 e. The molecule has 0 bridgehead atoms. The third kappa shape index (κ3) is 2.35. The fourth-order valence-electron chi connectivity index (χ4n) is 2.11. The van der Waals surface area contributed by atoms with Crippen LogP contribution in [0.2, 0.25) is 0 Å². The van der Waals surface area contributed by atoms with Crippen LogP contribution in [0.15, 0.2) is 24.3 Å². The summed E-state index contributed by atoms with van der Waals surface area (Å²) in [6.45, 7) is 8.70. The van der Waals surface area contributed by atoms with Gasteiger partial charge >= 0.3 is 0 Å². The van der Waals surface area contributed by atoms with E-state index in [9.17, 15) is 0 Å². The fourth-order valence-corrected chi connectivity index (χ4v) is 2.11. The number of hydrogen-bond donors (Lipinski definition) is 1. The summed E-state index contributed by atoms with van der Waals surface area (Å²) in [7, 11) is 0. The lowest BCUT2D eigenvalue weighted by atomic mass is 9.91. The van der Waals surface area contributed by atoms with Crippen LogP contribution in [-0.4, -0.2) is 5.54 Å². The number of aryl methyl sites for hydroxylation is 1. The average molecular weight is 224 g/mol. The maximum atomic E-state index is 3.53. The van der Waals surface area contributed by atoms with Crippen molar-refractivity contribution in [3.8, 4) is 0 Å². The van der Waals surface area contributed by atoms with Crippen LogP contribution in [-0.2, 0) is 0 Å². The minimum absolute atomic E-state index is 0. The molecule has 2 heteroatoms. The van der Waals surface area contributed by atoms with Gasteiger partial charge in [0.25, 0.3) is 0 Å². The minimum atomic E-state index is 0. The van der Waals surface area contributed by atoms with Gasteiger partial charge in [0.05, 0.1) is 5.54 Å². The Hall–Kier alpha value is -0.950. The molecule has 0 saturated carbocycles. The van der Waals surface area contributed by atoms with Crippen molar-refractivity contribution < 1.29 is 0 Å². The minimum Gasteiger partial charge on any atom is -0.376 e. The highest BCUT2D eigenvalue weighted by Crippen LogP contribution is 2.33. The van der Waals surface area contributed by atoms with E-state index in [1.165, 1.54) is 22.4 Å². The van der Waals surface area contributed by atoms with E-state index in [2.05, 4.69) is 57.3 Å². The molecule has 1 nitrogen and oxygen atoms in total. The average Bonchev–Trinajstić information content (AvgIpc) is 2.00. The van der Waals surface area contributed by atoms with E-state index in [1.54, 1.807) is 0 Å². The number of nitrogens with one attached hydrogen (secondary N) is 1. The Morgan fingerprint density at radius 3 is 2.47 bits per heavy atom. The highest BCUT2D eigenvalue weighted by Gasteiger charge is 2.21. The van der Waals surface area contributed by atoms with Crippen molar-refractivity contribution in [1.29, 1.82) is 0 Å². The van der Waals surface area contributed by atoms with Crippen LogP contribution in [0.1, 0.15) is 31.9 Å². The summed E-state index contributed by atoms with van der Waals surface area (Å²) in [6.07, 6.45) is 2.28. The number of benzene rings is 1. The van der Waals surface area contributed by atoms with Gasteiger partial charge in [-0.3, -0.25) is 0 Å². The van der Waals surface area contributed by atoms with Gasteiger partial charge in [0.15, 0.2) is 0 Å². The van der Waals surface area contributed by atoms with E-state index in [1.807, 2.05) is 0 Å². The van der Waals surface area contributed by atoms with Crippen molar-refractivity contribution in [2.45, 2.75) is 33.2 Å². The van der Waals surface area contributed by atoms with Crippen LogP contribution >= 0.6 is 12.4 Å². The Labute approximate surface area is 98.0 Å². The number of rotatable bonds is 0. The van der Waals surface area contributed by atoms with Gasteiger partial charge in [-0.15, -0.1) is 12.4 Å². The first-order valence-corrected chi connectivity index (χ1v) is 5.07. The molecule has 1 N–H and O–H groups in total. The third-order valence-electron chi connectivity index (χ3n) is 2.63. The lowest BCUT2D eigenvalue weighted by molar-refractivity contribution is 0.707. The predicted molar refractivity (Wildman–Crippen MR) is 69.8 cm³/mol. The van der Waals surface area contributed by atoms with Gasteiger partial charge in [0, 0.05) is 11.3 Å². The van der Waals surface area contributed by atoms with Crippen molar-refractivity contribution >= 4 is 23.7 Å². The second-order valence-corrected chi connectivity index (χ2v) is 4.72. The number of halogens is 1. The van der Waals surface area contributed by atoms with Gasteiger partial charge in [-0.05, 0) is 44.9 Å². The zero-order valence-electron chi connectivity index (χ0n) is 9.72. The largest absolute Gasteiger partial charge is 0.376 e. The number of fused-ring (bicyclic) bond motifs is 1. The second-order valence-electron chi connectivity index (χ2n) is 4.72. The van der Waals surface area contributed by atoms with Gasteiger partial charge in [-0.2, -0.15) is 0 Å². The van der Waals surface area contributed by atoms with E-state index in [0.29, 0.717) is 0 Å². The zero-order chi connectivity index (χ0) is 10.3. The summed E-state index contributed by atoms with van der Waals surface area (Å²) in [6, 6.07) is 6.57. The molecule has 0 fully saturated rings. The quantitative estimate of drug-likeness (QED) is 0.701. The Kier molecular flexibility index (Phi) is 3.15. The van der Waals surface area contributed by atoms with Gasteiger partial charge in [-0.25, -0.2) is 0 Å². The molecule has 0 aliphatic carbocycles. The summed E-state index contributed by atoms with van der Waals surface area (Å²) in [5.74, 6) is 0. The van der Waals surface area contributed by atoms with Crippen LogP contribution < -0.4 is 5.32 Å². The van der Waals surface area contributed by atoms with E-state index in [4.69, 9.17) is 0 Å². The first-order valence-electron chi connectivity index (χ1n) is 5.07. The van der Waals surface area contributed by atoms with Crippen molar-refractivity contribution in [3.63, 3.8) is 0 Å². The van der Waals surface area contributed by atoms with Crippen LogP contribution in [0, 0.1) is 6.92 Å². The van der Waals surface area contributed by atoms with Gasteiger partial charge in [0.1, 0.15) is 0 Å². The molecule has 15 heavy (non-hydrogen) atoms. The number of anilines is 1. The lowest BCUT2D eigenvalue weighted by Crippen LogP contribution is -2.31. The predicted octanol–water partition coefficient (Wildman–Crippen LogP) is 4.02. The highest BCUT2D eigenvalue weighted by molar-refractivity contribution is 5.85. The van der Waals surface area contributed by atoms with E-state index in [0.717, 1.165) is 0 Å². The molecule has 0 amide bonds. The molecular weight excluding hydrogens is 206 g/mol. The SMILES string of the molecule is CC1=CC(C)(C)Nc2cc(C)ccc21.Cl. The first kappa shape index (κ1) is 12.1. The van der Waals surface area contributed by atoms with Crippen LogP contribution in [0.5, 0.6) is 0 Å². The van der Waals surface area contributed by atoms with Crippen molar-refractivity contribution in [3.05, 3.63) is 35.4 Å². The Morgan fingerprint density at radius 2 is 1.80 bits per heavy atom. The van der Waals surface area contributed by atoms with Gasteiger partial charge < -0.3 is 5.32 Å². The molecule has 0 spiro atoms. The Bertz CT molecular complexity index is 405. The number of allylic oxidation sites excluding steroid dienone is 1. The van der Waals surface area contributed by atoms with Gasteiger partial charge in [0.2, 0.25) is 0 Å². The molecule has 2 rings (SSSR count). The lowest BCUT2D eigenvalue weighted by Gasteiger charge is -2.31. The molecule has 1 aliphatic rings. The monoisotopic (exact) mass is 223 g/mol. The molecule has 82 valence electrons. The molecule has 0 saturated heterocycles. The van der Waals surface area contributed by atoms with Crippen LogP contribution in [0.25, 0.3) is 5.57 Å². The van der Waals surface area contributed by atoms with Crippen LogP contribution in [0.4, 0.5) is 5.69 Å². The van der Waals surface area contributed by atoms with Crippen molar-refractivity contribution in [2.75, 3.05) is 5.32 Å². The normalized spacial score (nSPS) is 16.9. The third-order valence-corrected chi connectivity index (χ3v) is 2.63. The fraction of sp³-hybridized carbons (Fsp3) is 0.385. The standard InChI is InChI=1S/C13H17N.ClH/c1-9-5-6-11-10(2)8-13(3,4)14-12(11)7-9;/h5-8,14H,1-4H3;1H. The van der Waals surface area contributed by atoms with Crippen LogP contribution in [0.3, 0.4) is 0 Å². The summed E-state index contributed by atoms with van der Waals surface area (Å²) < 4.78 is 0. The molecule has 1 aromatic rings. The van der Waals surface area contributed by atoms with E-state index >= 15 is 0 Å². The molecule has 0 radical (unpaired) electrons.